The molecule has 0 saturated carbocycles. The number of aromatic nitrogens is 1. The van der Waals surface area contributed by atoms with Crippen LogP contribution in [0.1, 0.15) is 16.4 Å². The third kappa shape index (κ3) is 3.09. The monoisotopic (exact) mass is 470 g/mol. The van der Waals surface area contributed by atoms with Crippen LogP contribution in [0.25, 0.3) is 0 Å². The second kappa shape index (κ2) is 7.72. The highest BCUT2D eigenvalue weighted by atomic mass is 32.2. The zero-order valence-corrected chi connectivity index (χ0v) is 18.7. The molecule has 3 unspecified atom stereocenters. The highest BCUT2D eigenvalue weighted by molar-refractivity contribution is 8.00. The first kappa shape index (κ1) is 20.7. The van der Waals surface area contributed by atoms with Crippen molar-refractivity contribution in [2.45, 2.75) is 16.2 Å². The predicted molar refractivity (Wildman–Crippen MR) is 120 cm³/mol. The molecular formula is C22H18N2O6S2. The number of hydrogen-bond donors (Lipinski definition) is 2. The van der Waals surface area contributed by atoms with Gasteiger partial charge in [-0.15, -0.1) is 0 Å². The maximum absolute atomic E-state index is 13.6. The van der Waals surface area contributed by atoms with Gasteiger partial charge in [-0.25, -0.2) is 4.90 Å². The number of nitrogens with zero attached hydrogens (tertiary/aromatic N) is 1. The molecular weight excluding hydrogens is 452 g/mol. The average molecular weight is 471 g/mol. The van der Waals surface area contributed by atoms with Crippen LogP contribution in [0.3, 0.4) is 0 Å². The normalized spacial score (nSPS) is 21.9. The lowest BCUT2D eigenvalue weighted by molar-refractivity contribution is -0.122. The highest BCUT2D eigenvalue weighted by Gasteiger charge is 2.56. The van der Waals surface area contributed by atoms with E-state index in [0.717, 1.165) is 11.3 Å². The van der Waals surface area contributed by atoms with Crippen molar-refractivity contribution in [1.82, 2.24) is 4.98 Å². The second-order valence-electron chi connectivity index (χ2n) is 7.39. The quantitative estimate of drug-likeness (QED) is 0.564. The largest absolute Gasteiger partial charge is 0.504 e. The lowest BCUT2D eigenvalue weighted by Crippen LogP contribution is -2.32. The topological polar surface area (TPSA) is 109 Å². The number of phenolic OH excluding ortho intramolecular Hbond substituents is 1. The number of ether oxygens (including phenoxy) is 2. The lowest BCUT2D eigenvalue weighted by Gasteiger charge is -2.30. The van der Waals surface area contributed by atoms with Gasteiger partial charge >= 0.3 is 4.87 Å². The van der Waals surface area contributed by atoms with E-state index in [-0.39, 0.29) is 28.2 Å². The summed E-state index contributed by atoms with van der Waals surface area (Å²) in [5, 5.41) is 9.93. The fourth-order valence-corrected chi connectivity index (χ4v) is 6.76. The standard InChI is InChI=1S/C22H18N2O6S2/c1-29-12-6-4-11(5-7-12)24-20(26)16-15(10-3-8-13(25)14(9-10)30-2)17-19(23-22(28)32-17)31-18(16)21(24)27/h3-9,15-16,18,25H,1-2H3,(H,23,28). The van der Waals surface area contributed by atoms with Crippen molar-refractivity contribution in [2.75, 3.05) is 19.1 Å². The van der Waals surface area contributed by atoms with E-state index in [0.29, 0.717) is 26.9 Å². The first-order valence-electron chi connectivity index (χ1n) is 9.71. The minimum Gasteiger partial charge on any atom is -0.504 e. The number of aromatic amines is 1. The van der Waals surface area contributed by atoms with Gasteiger partial charge < -0.3 is 19.6 Å². The van der Waals surface area contributed by atoms with Gasteiger partial charge in [0.25, 0.3) is 0 Å². The molecule has 164 valence electrons. The van der Waals surface area contributed by atoms with E-state index < -0.39 is 17.1 Å². The summed E-state index contributed by atoms with van der Waals surface area (Å²) in [5.74, 6) is -1.06. The van der Waals surface area contributed by atoms with Gasteiger partial charge in [-0.05, 0) is 42.0 Å². The Hall–Kier alpha value is -3.24. The molecule has 2 aliphatic heterocycles. The summed E-state index contributed by atoms with van der Waals surface area (Å²) in [4.78, 5) is 43.6. The summed E-state index contributed by atoms with van der Waals surface area (Å²) in [6.45, 7) is 0. The van der Waals surface area contributed by atoms with Crippen LogP contribution in [0.15, 0.2) is 52.3 Å². The molecule has 0 bridgehead atoms. The molecule has 1 aromatic heterocycles. The van der Waals surface area contributed by atoms with E-state index in [1.807, 2.05) is 0 Å². The van der Waals surface area contributed by atoms with Gasteiger partial charge in [0.15, 0.2) is 11.5 Å². The van der Waals surface area contributed by atoms with E-state index in [4.69, 9.17) is 9.47 Å². The fourth-order valence-electron chi connectivity index (χ4n) is 4.25. The Morgan fingerprint density at radius 3 is 2.44 bits per heavy atom. The van der Waals surface area contributed by atoms with Crippen LogP contribution in [0.5, 0.6) is 17.2 Å². The van der Waals surface area contributed by atoms with Crippen LogP contribution in [0.2, 0.25) is 0 Å². The van der Waals surface area contributed by atoms with E-state index >= 15 is 0 Å². The van der Waals surface area contributed by atoms with E-state index in [9.17, 15) is 19.5 Å². The number of rotatable bonds is 4. The number of carbonyl (C=O) groups is 2. The van der Waals surface area contributed by atoms with E-state index in [2.05, 4.69) is 4.98 Å². The Balaban J connectivity index is 1.63. The number of imide groups is 1. The first-order valence-corrected chi connectivity index (χ1v) is 11.4. The smallest absolute Gasteiger partial charge is 0.305 e. The molecule has 1 saturated heterocycles. The number of nitrogens with one attached hydrogen (secondary N) is 1. The number of anilines is 1. The second-order valence-corrected chi connectivity index (χ2v) is 9.56. The fraction of sp³-hybridized carbons (Fsp3) is 0.227. The number of methoxy groups -OCH3 is 2. The van der Waals surface area contributed by atoms with Gasteiger partial charge in [-0.1, -0.05) is 29.2 Å². The van der Waals surface area contributed by atoms with Gasteiger partial charge in [0.05, 0.1) is 30.9 Å². The van der Waals surface area contributed by atoms with Gasteiger partial charge in [-0.2, -0.15) is 0 Å². The van der Waals surface area contributed by atoms with Crippen molar-refractivity contribution in [3.63, 3.8) is 0 Å². The molecule has 32 heavy (non-hydrogen) atoms. The molecule has 1 fully saturated rings. The van der Waals surface area contributed by atoms with Gasteiger partial charge in [0, 0.05) is 10.8 Å². The summed E-state index contributed by atoms with van der Waals surface area (Å²) in [5.41, 5.74) is 1.15. The van der Waals surface area contributed by atoms with Crippen molar-refractivity contribution in [2.24, 2.45) is 5.92 Å². The average Bonchev–Trinajstić information content (AvgIpc) is 3.29. The van der Waals surface area contributed by atoms with Crippen LogP contribution in [-0.2, 0) is 9.59 Å². The van der Waals surface area contributed by atoms with E-state index in [1.165, 1.54) is 29.8 Å². The molecule has 2 N–H and O–H groups in total. The molecule has 3 atom stereocenters. The summed E-state index contributed by atoms with van der Waals surface area (Å²) in [7, 11) is 2.98. The number of carbonyl (C=O) groups excluding carboxylic acids is 2. The zero-order chi connectivity index (χ0) is 22.6. The van der Waals surface area contributed by atoms with Crippen LogP contribution in [0, 0.1) is 5.92 Å². The number of thiazole rings is 1. The molecule has 8 nitrogen and oxygen atoms in total. The Bertz CT molecular complexity index is 1280. The Labute approximate surface area is 190 Å². The van der Waals surface area contributed by atoms with Gasteiger partial charge in [-0.3, -0.25) is 14.4 Å². The zero-order valence-electron chi connectivity index (χ0n) is 17.0. The maximum atomic E-state index is 13.6. The minimum atomic E-state index is -0.706. The number of aromatic hydroxyl groups is 1. The third-order valence-electron chi connectivity index (χ3n) is 5.72. The van der Waals surface area contributed by atoms with E-state index in [1.54, 1.807) is 43.5 Å². The van der Waals surface area contributed by atoms with Crippen LogP contribution >= 0.6 is 23.1 Å². The number of phenols is 1. The van der Waals surface area contributed by atoms with Crippen molar-refractivity contribution in [3.8, 4) is 17.2 Å². The van der Waals surface area contributed by atoms with Crippen molar-refractivity contribution in [1.29, 1.82) is 0 Å². The van der Waals surface area contributed by atoms with Crippen molar-refractivity contribution < 1.29 is 24.2 Å². The Kier molecular flexibility index (Phi) is 4.98. The third-order valence-corrected chi connectivity index (χ3v) is 8.12. The number of fused-ring (bicyclic) bond motifs is 2. The van der Waals surface area contributed by atoms with Gasteiger partial charge in [0.1, 0.15) is 11.0 Å². The molecule has 10 heteroatoms. The summed E-state index contributed by atoms with van der Waals surface area (Å²) in [6.07, 6.45) is 0. The number of H-pyrrole nitrogens is 1. The molecule has 0 radical (unpaired) electrons. The Morgan fingerprint density at radius 1 is 1.00 bits per heavy atom. The molecule has 0 spiro atoms. The predicted octanol–water partition coefficient (Wildman–Crippen LogP) is 2.96. The lowest BCUT2D eigenvalue weighted by atomic mass is 9.83. The number of benzene rings is 2. The van der Waals surface area contributed by atoms with Crippen molar-refractivity contribution in [3.05, 3.63) is 62.6 Å². The number of hydrogen-bond acceptors (Lipinski definition) is 8. The van der Waals surface area contributed by atoms with Gasteiger partial charge in [0.2, 0.25) is 11.8 Å². The molecule has 2 amide bonds. The van der Waals surface area contributed by atoms with Crippen molar-refractivity contribution >= 4 is 40.6 Å². The Morgan fingerprint density at radius 2 is 1.75 bits per heavy atom. The molecule has 2 aromatic carbocycles. The summed E-state index contributed by atoms with van der Waals surface area (Å²) >= 11 is 2.25. The summed E-state index contributed by atoms with van der Waals surface area (Å²) < 4.78 is 10.4. The first-order chi connectivity index (χ1) is 15.4. The van der Waals surface area contributed by atoms with Crippen LogP contribution in [0.4, 0.5) is 5.69 Å². The van der Waals surface area contributed by atoms with Crippen LogP contribution in [-0.4, -0.2) is 41.4 Å². The highest BCUT2D eigenvalue weighted by Crippen LogP contribution is 2.53. The molecule has 2 aliphatic rings. The minimum absolute atomic E-state index is 0.0332. The SMILES string of the molecule is COc1ccc(N2C(=O)C3Sc4[nH]c(=O)sc4C(c4ccc(O)c(OC)c4)C3C2=O)cc1. The summed E-state index contributed by atoms with van der Waals surface area (Å²) in [6, 6.07) is 11.6. The molecule has 5 rings (SSSR count). The maximum Gasteiger partial charge on any atom is 0.305 e. The van der Waals surface area contributed by atoms with Crippen LogP contribution < -0.4 is 19.2 Å². The molecule has 0 aliphatic carbocycles. The number of amides is 2. The molecule has 3 aromatic rings. The molecule has 3 heterocycles. The number of thioether (sulfide) groups is 1.